The van der Waals surface area contributed by atoms with Crippen LogP contribution >= 0.6 is 0 Å². The van der Waals surface area contributed by atoms with E-state index >= 15 is 0 Å². The van der Waals surface area contributed by atoms with Gasteiger partial charge in [-0.3, -0.25) is 0 Å². The fourth-order valence-corrected chi connectivity index (χ4v) is 2.93. The highest BCUT2D eigenvalue weighted by Gasteiger charge is 2.52. The van der Waals surface area contributed by atoms with Crippen molar-refractivity contribution in [1.29, 1.82) is 0 Å². The van der Waals surface area contributed by atoms with Crippen molar-refractivity contribution in [3.05, 3.63) is 0 Å². The SMILES string of the molecule is CC(C)N(C)C1CC(C)C1(C)C(C)C. The van der Waals surface area contributed by atoms with Crippen LogP contribution in [0.15, 0.2) is 0 Å². The average molecular weight is 197 g/mol. The average Bonchev–Trinajstić information content (AvgIpc) is 2.10. The van der Waals surface area contributed by atoms with E-state index in [0.29, 0.717) is 11.5 Å². The first-order chi connectivity index (χ1) is 6.31. The van der Waals surface area contributed by atoms with Crippen molar-refractivity contribution in [2.75, 3.05) is 7.05 Å². The number of rotatable bonds is 3. The van der Waals surface area contributed by atoms with Crippen LogP contribution in [0.4, 0.5) is 0 Å². The van der Waals surface area contributed by atoms with Crippen molar-refractivity contribution in [2.45, 2.75) is 60.0 Å². The summed E-state index contributed by atoms with van der Waals surface area (Å²) >= 11 is 0. The zero-order valence-corrected chi connectivity index (χ0v) is 11.0. The molecule has 0 aliphatic heterocycles. The Hall–Kier alpha value is -0.0400. The molecule has 1 rings (SSSR count). The summed E-state index contributed by atoms with van der Waals surface area (Å²) in [6.45, 7) is 14.2. The first-order valence-electron chi connectivity index (χ1n) is 6.03. The molecule has 3 unspecified atom stereocenters. The fraction of sp³-hybridized carbons (Fsp3) is 1.00. The van der Waals surface area contributed by atoms with E-state index in [0.717, 1.165) is 17.9 Å². The van der Waals surface area contributed by atoms with Gasteiger partial charge < -0.3 is 4.90 Å². The zero-order chi connectivity index (χ0) is 11.1. The molecule has 0 bridgehead atoms. The van der Waals surface area contributed by atoms with Crippen LogP contribution in [0, 0.1) is 17.3 Å². The molecular weight excluding hydrogens is 170 g/mol. The van der Waals surface area contributed by atoms with E-state index in [-0.39, 0.29) is 0 Å². The Kier molecular flexibility index (Phi) is 3.30. The van der Waals surface area contributed by atoms with Gasteiger partial charge in [-0.1, -0.05) is 27.7 Å². The fourth-order valence-electron chi connectivity index (χ4n) is 2.93. The molecule has 1 nitrogen and oxygen atoms in total. The highest BCUT2D eigenvalue weighted by atomic mass is 15.2. The summed E-state index contributed by atoms with van der Waals surface area (Å²) in [6, 6.07) is 1.46. The Balaban J connectivity index is 2.74. The van der Waals surface area contributed by atoms with E-state index in [9.17, 15) is 0 Å². The molecule has 0 aromatic rings. The van der Waals surface area contributed by atoms with Gasteiger partial charge in [0.2, 0.25) is 0 Å². The van der Waals surface area contributed by atoms with E-state index in [2.05, 4.69) is 53.5 Å². The minimum absolute atomic E-state index is 0.527. The standard InChI is InChI=1S/C13H27N/c1-9(2)13(6)11(5)8-12(13)14(7)10(3)4/h9-12H,8H2,1-7H3. The summed E-state index contributed by atoms with van der Waals surface area (Å²) in [4.78, 5) is 2.56. The Morgan fingerprint density at radius 1 is 1.21 bits per heavy atom. The second kappa shape index (κ2) is 3.84. The normalized spacial score (nSPS) is 38.1. The van der Waals surface area contributed by atoms with Gasteiger partial charge in [0, 0.05) is 12.1 Å². The van der Waals surface area contributed by atoms with Gasteiger partial charge in [0.05, 0.1) is 0 Å². The summed E-state index contributed by atoms with van der Waals surface area (Å²) in [5.74, 6) is 1.67. The molecule has 0 radical (unpaired) electrons. The molecule has 1 aliphatic carbocycles. The molecule has 1 saturated carbocycles. The third-order valence-electron chi connectivity index (χ3n) is 4.91. The summed E-state index contributed by atoms with van der Waals surface area (Å²) in [6.07, 6.45) is 1.38. The lowest BCUT2D eigenvalue weighted by molar-refractivity contribution is -0.0990. The van der Waals surface area contributed by atoms with Gasteiger partial charge >= 0.3 is 0 Å². The third-order valence-corrected chi connectivity index (χ3v) is 4.91. The smallest absolute Gasteiger partial charge is 0.0156 e. The van der Waals surface area contributed by atoms with Gasteiger partial charge in [-0.05, 0) is 44.6 Å². The third kappa shape index (κ3) is 1.60. The van der Waals surface area contributed by atoms with Crippen molar-refractivity contribution in [2.24, 2.45) is 17.3 Å². The Morgan fingerprint density at radius 3 is 2.00 bits per heavy atom. The van der Waals surface area contributed by atoms with Crippen LogP contribution in [0.1, 0.15) is 48.0 Å². The molecule has 0 heterocycles. The Bertz CT molecular complexity index is 191. The minimum Gasteiger partial charge on any atom is -0.300 e. The number of hydrogen-bond donors (Lipinski definition) is 0. The van der Waals surface area contributed by atoms with Crippen LogP contribution < -0.4 is 0 Å². The van der Waals surface area contributed by atoms with E-state index in [1.165, 1.54) is 6.42 Å². The van der Waals surface area contributed by atoms with E-state index in [1.807, 2.05) is 0 Å². The van der Waals surface area contributed by atoms with Crippen molar-refractivity contribution < 1.29 is 0 Å². The maximum absolute atomic E-state index is 2.56. The first-order valence-corrected chi connectivity index (χ1v) is 6.03. The molecule has 0 spiro atoms. The molecule has 0 aromatic carbocycles. The lowest BCUT2D eigenvalue weighted by Gasteiger charge is -2.60. The summed E-state index contributed by atoms with van der Waals surface area (Å²) in [5.41, 5.74) is 0.527. The lowest BCUT2D eigenvalue weighted by Crippen LogP contribution is -2.61. The predicted molar refractivity (Wildman–Crippen MR) is 63.4 cm³/mol. The topological polar surface area (TPSA) is 3.24 Å². The van der Waals surface area contributed by atoms with E-state index in [1.54, 1.807) is 0 Å². The van der Waals surface area contributed by atoms with Crippen molar-refractivity contribution in [3.63, 3.8) is 0 Å². The lowest BCUT2D eigenvalue weighted by atomic mass is 9.52. The van der Waals surface area contributed by atoms with Crippen LogP contribution in [0.3, 0.4) is 0 Å². The minimum atomic E-state index is 0.527. The number of nitrogens with zero attached hydrogens (tertiary/aromatic N) is 1. The van der Waals surface area contributed by atoms with Gasteiger partial charge in [-0.2, -0.15) is 0 Å². The Labute approximate surface area is 89.9 Å². The highest BCUT2D eigenvalue weighted by Crippen LogP contribution is 2.53. The van der Waals surface area contributed by atoms with Crippen molar-refractivity contribution in [3.8, 4) is 0 Å². The molecule has 0 saturated heterocycles. The monoisotopic (exact) mass is 197 g/mol. The van der Waals surface area contributed by atoms with E-state index in [4.69, 9.17) is 0 Å². The number of hydrogen-bond acceptors (Lipinski definition) is 1. The molecule has 1 heteroatoms. The largest absolute Gasteiger partial charge is 0.300 e. The first kappa shape index (κ1) is 12.0. The van der Waals surface area contributed by atoms with E-state index < -0.39 is 0 Å². The van der Waals surface area contributed by atoms with Gasteiger partial charge in [-0.15, -0.1) is 0 Å². The van der Waals surface area contributed by atoms with Crippen molar-refractivity contribution >= 4 is 0 Å². The van der Waals surface area contributed by atoms with Gasteiger partial charge in [-0.25, -0.2) is 0 Å². The molecular formula is C13H27N. The molecule has 0 N–H and O–H groups in total. The van der Waals surface area contributed by atoms with Crippen LogP contribution in [0.25, 0.3) is 0 Å². The predicted octanol–water partition coefficient (Wildman–Crippen LogP) is 3.40. The second-order valence-electron chi connectivity index (χ2n) is 5.93. The maximum atomic E-state index is 2.56. The summed E-state index contributed by atoms with van der Waals surface area (Å²) in [5, 5.41) is 0. The zero-order valence-electron chi connectivity index (χ0n) is 11.0. The van der Waals surface area contributed by atoms with Gasteiger partial charge in [0.25, 0.3) is 0 Å². The summed E-state index contributed by atoms with van der Waals surface area (Å²) < 4.78 is 0. The van der Waals surface area contributed by atoms with Gasteiger partial charge in [0.15, 0.2) is 0 Å². The Morgan fingerprint density at radius 2 is 1.71 bits per heavy atom. The quantitative estimate of drug-likeness (QED) is 0.670. The second-order valence-corrected chi connectivity index (χ2v) is 5.93. The van der Waals surface area contributed by atoms with Crippen LogP contribution in [-0.2, 0) is 0 Å². The van der Waals surface area contributed by atoms with Crippen molar-refractivity contribution in [1.82, 2.24) is 4.90 Å². The molecule has 0 amide bonds. The van der Waals surface area contributed by atoms with Crippen LogP contribution in [-0.4, -0.2) is 24.0 Å². The molecule has 1 fully saturated rings. The van der Waals surface area contributed by atoms with Gasteiger partial charge in [0.1, 0.15) is 0 Å². The maximum Gasteiger partial charge on any atom is 0.0156 e. The molecule has 3 atom stereocenters. The summed E-state index contributed by atoms with van der Waals surface area (Å²) in [7, 11) is 2.28. The van der Waals surface area contributed by atoms with Crippen LogP contribution in [0.5, 0.6) is 0 Å². The highest BCUT2D eigenvalue weighted by molar-refractivity contribution is 5.04. The van der Waals surface area contributed by atoms with Crippen LogP contribution in [0.2, 0.25) is 0 Å². The molecule has 84 valence electrons. The molecule has 14 heavy (non-hydrogen) atoms. The molecule has 0 aromatic heterocycles. The molecule has 1 aliphatic rings.